The first kappa shape index (κ1) is 17.6. The number of allylic oxidation sites excluding steroid dienone is 2. The summed E-state index contributed by atoms with van der Waals surface area (Å²) < 4.78 is 0. The summed E-state index contributed by atoms with van der Waals surface area (Å²) in [5, 5.41) is 7.40. The Bertz CT molecular complexity index is 826. The number of hydrogen-bond acceptors (Lipinski definition) is 3. The third-order valence-electron chi connectivity index (χ3n) is 4.70. The molecule has 25 heavy (non-hydrogen) atoms. The molecule has 0 bridgehead atoms. The van der Waals surface area contributed by atoms with Crippen molar-refractivity contribution in [1.29, 1.82) is 0 Å². The summed E-state index contributed by atoms with van der Waals surface area (Å²) in [6.45, 7) is 4.75. The van der Waals surface area contributed by atoms with Crippen molar-refractivity contribution >= 4 is 28.8 Å². The van der Waals surface area contributed by atoms with Gasteiger partial charge in [0.15, 0.2) is 5.78 Å². The zero-order chi connectivity index (χ0) is 17.8. The number of anilines is 2. The molecule has 0 aliphatic heterocycles. The summed E-state index contributed by atoms with van der Waals surface area (Å²) in [5.41, 5.74) is 6.16. The van der Waals surface area contributed by atoms with Crippen LogP contribution in [0.2, 0.25) is 5.02 Å². The molecule has 2 aromatic rings. The molecule has 3 nitrogen and oxygen atoms in total. The van der Waals surface area contributed by atoms with Crippen LogP contribution in [0.5, 0.6) is 0 Å². The van der Waals surface area contributed by atoms with Crippen LogP contribution in [-0.4, -0.2) is 5.78 Å². The van der Waals surface area contributed by atoms with Gasteiger partial charge in [0.25, 0.3) is 0 Å². The minimum Gasteiger partial charge on any atom is -0.381 e. The molecule has 0 aromatic heterocycles. The highest BCUT2D eigenvalue weighted by molar-refractivity contribution is 6.33. The number of hydrogen-bond donors (Lipinski definition) is 2. The third-order valence-corrected chi connectivity index (χ3v) is 5.01. The van der Waals surface area contributed by atoms with Crippen LogP contribution >= 0.6 is 11.6 Å². The van der Waals surface area contributed by atoms with Crippen LogP contribution in [-0.2, 0) is 11.3 Å². The predicted molar refractivity (Wildman–Crippen MR) is 105 cm³/mol. The van der Waals surface area contributed by atoms with E-state index in [0.29, 0.717) is 11.4 Å². The molecular weight excluding hydrogens is 332 g/mol. The van der Waals surface area contributed by atoms with Gasteiger partial charge in [-0.25, -0.2) is 0 Å². The zero-order valence-corrected chi connectivity index (χ0v) is 15.4. The maximum Gasteiger partial charge on any atom is 0.160 e. The van der Waals surface area contributed by atoms with Gasteiger partial charge in [-0.3, -0.25) is 4.79 Å². The second kappa shape index (κ2) is 7.75. The molecule has 0 amide bonds. The van der Waals surface area contributed by atoms with Gasteiger partial charge in [0, 0.05) is 29.9 Å². The summed E-state index contributed by atoms with van der Waals surface area (Å²) >= 11 is 6.44. The van der Waals surface area contributed by atoms with E-state index in [1.54, 1.807) is 0 Å². The number of rotatable bonds is 5. The maximum atomic E-state index is 11.8. The summed E-state index contributed by atoms with van der Waals surface area (Å²) in [7, 11) is 0. The SMILES string of the molecule is CC1=C(Nc2ccc(NCc3ccccc3C)cc2Cl)CCCC1=O. The molecule has 1 aliphatic rings. The zero-order valence-electron chi connectivity index (χ0n) is 14.7. The van der Waals surface area contributed by atoms with E-state index >= 15 is 0 Å². The van der Waals surface area contributed by atoms with Gasteiger partial charge in [-0.1, -0.05) is 35.9 Å². The number of carbonyl (C=O) groups is 1. The molecule has 0 saturated carbocycles. The largest absolute Gasteiger partial charge is 0.381 e. The van der Waals surface area contributed by atoms with E-state index in [4.69, 9.17) is 11.6 Å². The molecule has 0 heterocycles. The molecule has 3 rings (SSSR count). The van der Waals surface area contributed by atoms with Crippen molar-refractivity contribution < 1.29 is 4.79 Å². The number of Topliss-reactive ketones (excluding diaryl/α,β-unsaturated/α-hetero) is 1. The van der Waals surface area contributed by atoms with E-state index < -0.39 is 0 Å². The van der Waals surface area contributed by atoms with Gasteiger partial charge in [0.05, 0.1) is 10.7 Å². The number of aryl methyl sites for hydroxylation is 1. The van der Waals surface area contributed by atoms with Crippen LogP contribution in [0.3, 0.4) is 0 Å². The highest BCUT2D eigenvalue weighted by Gasteiger charge is 2.17. The van der Waals surface area contributed by atoms with Gasteiger partial charge in [-0.15, -0.1) is 0 Å². The Morgan fingerprint density at radius 3 is 2.64 bits per heavy atom. The Hall–Kier alpha value is -2.26. The highest BCUT2D eigenvalue weighted by Crippen LogP contribution is 2.30. The highest BCUT2D eigenvalue weighted by atomic mass is 35.5. The molecule has 130 valence electrons. The van der Waals surface area contributed by atoms with Gasteiger partial charge < -0.3 is 10.6 Å². The normalized spacial score (nSPS) is 14.6. The van der Waals surface area contributed by atoms with Gasteiger partial charge in [-0.2, -0.15) is 0 Å². The first-order chi connectivity index (χ1) is 12.0. The van der Waals surface area contributed by atoms with Crippen molar-refractivity contribution in [1.82, 2.24) is 0 Å². The Labute approximate surface area is 154 Å². The van der Waals surface area contributed by atoms with Crippen LogP contribution in [0.4, 0.5) is 11.4 Å². The van der Waals surface area contributed by atoms with Gasteiger partial charge >= 0.3 is 0 Å². The summed E-state index contributed by atoms with van der Waals surface area (Å²) in [6.07, 6.45) is 2.43. The van der Waals surface area contributed by atoms with E-state index in [1.165, 1.54) is 11.1 Å². The standard InChI is InChI=1S/C21H23ClN2O/c1-14-6-3-4-7-16(14)13-23-17-10-11-20(18(22)12-17)24-19-8-5-9-21(25)15(19)2/h3-4,6-7,10-12,23-24H,5,8-9,13H2,1-2H3. The van der Waals surface area contributed by atoms with Crippen molar-refractivity contribution in [2.45, 2.75) is 39.7 Å². The minimum atomic E-state index is 0.224. The predicted octanol–water partition coefficient (Wildman–Crippen LogP) is 5.70. The molecule has 1 aliphatic carbocycles. The molecule has 0 atom stereocenters. The van der Waals surface area contributed by atoms with E-state index in [9.17, 15) is 4.79 Å². The van der Waals surface area contributed by atoms with Crippen LogP contribution in [0.1, 0.15) is 37.3 Å². The number of benzene rings is 2. The fourth-order valence-corrected chi connectivity index (χ4v) is 3.25. The van der Waals surface area contributed by atoms with Crippen LogP contribution in [0.15, 0.2) is 53.7 Å². The summed E-state index contributed by atoms with van der Waals surface area (Å²) in [5.74, 6) is 0.224. The maximum absolute atomic E-state index is 11.8. The Morgan fingerprint density at radius 1 is 1.08 bits per heavy atom. The lowest BCUT2D eigenvalue weighted by Gasteiger charge is -2.19. The van der Waals surface area contributed by atoms with Gasteiger partial charge in [0.1, 0.15) is 0 Å². The monoisotopic (exact) mass is 354 g/mol. The molecule has 0 radical (unpaired) electrons. The second-order valence-electron chi connectivity index (χ2n) is 6.48. The second-order valence-corrected chi connectivity index (χ2v) is 6.89. The Balaban J connectivity index is 1.70. The topological polar surface area (TPSA) is 41.1 Å². The number of ketones is 1. The van der Waals surface area contributed by atoms with Crippen molar-refractivity contribution in [2.75, 3.05) is 10.6 Å². The van der Waals surface area contributed by atoms with E-state index in [0.717, 1.165) is 42.0 Å². The molecular formula is C21H23ClN2O. The summed E-state index contributed by atoms with van der Waals surface area (Å²) in [4.78, 5) is 11.8. The van der Waals surface area contributed by atoms with E-state index in [1.807, 2.05) is 37.3 Å². The van der Waals surface area contributed by atoms with Crippen molar-refractivity contribution in [3.63, 3.8) is 0 Å². The molecule has 0 unspecified atom stereocenters. The lowest BCUT2D eigenvalue weighted by atomic mass is 9.96. The molecule has 0 fully saturated rings. The summed E-state index contributed by atoms with van der Waals surface area (Å²) in [6, 6.07) is 14.2. The van der Waals surface area contributed by atoms with Gasteiger partial charge in [-0.05, 0) is 56.0 Å². The van der Waals surface area contributed by atoms with Gasteiger partial charge in [0.2, 0.25) is 0 Å². The average Bonchev–Trinajstić information content (AvgIpc) is 2.60. The first-order valence-electron chi connectivity index (χ1n) is 8.62. The molecule has 4 heteroatoms. The number of carbonyl (C=O) groups excluding carboxylic acids is 1. The van der Waals surface area contributed by atoms with Crippen LogP contribution in [0.25, 0.3) is 0 Å². The van der Waals surface area contributed by atoms with E-state index in [2.05, 4.69) is 29.7 Å². The molecule has 2 N–H and O–H groups in total. The lowest BCUT2D eigenvalue weighted by Crippen LogP contribution is -2.14. The minimum absolute atomic E-state index is 0.224. The Morgan fingerprint density at radius 2 is 1.88 bits per heavy atom. The van der Waals surface area contributed by atoms with Crippen molar-refractivity contribution in [2.24, 2.45) is 0 Å². The molecule has 2 aromatic carbocycles. The first-order valence-corrected chi connectivity index (χ1v) is 9.00. The quantitative estimate of drug-likeness (QED) is 0.723. The average molecular weight is 355 g/mol. The third kappa shape index (κ3) is 4.23. The fourth-order valence-electron chi connectivity index (χ4n) is 3.02. The van der Waals surface area contributed by atoms with Crippen molar-refractivity contribution in [3.8, 4) is 0 Å². The molecule has 0 spiro atoms. The van der Waals surface area contributed by atoms with Crippen LogP contribution < -0.4 is 10.6 Å². The van der Waals surface area contributed by atoms with Crippen molar-refractivity contribution in [3.05, 3.63) is 69.9 Å². The smallest absolute Gasteiger partial charge is 0.160 e. The van der Waals surface area contributed by atoms with Crippen LogP contribution in [0, 0.1) is 6.92 Å². The van der Waals surface area contributed by atoms with E-state index in [-0.39, 0.29) is 5.78 Å². The number of halogens is 1. The Kier molecular flexibility index (Phi) is 5.44. The lowest BCUT2D eigenvalue weighted by molar-refractivity contribution is -0.116. The fraction of sp³-hybridized carbons (Fsp3) is 0.286. The number of nitrogens with one attached hydrogen (secondary N) is 2. The molecule has 0 saturated heterocycles.